The molecule has 1 fully saturated rings. The van der Waals surface area contributed by atoms with Crippen molar-refractivity contribution in [1.29, 1.82) is 0 Å². The molecule has 2 amide bonds. The molecule has 0 aliphatic carbocycles. The van der Waals surface area contributed by atoms with Crippen LogP contribution >= 0.6 is 0 Å². The molecule has 1 heterocycles. The summed E-state index contributed by atoms with van der Waals surface area (Å²) in [5.74, 6) is -0.906. The first kappa shape index (κ1) is 17.8. The fraction of sp³-hybridized carbons (Fsp3) is 0.867. The predicted molar refractivity (Wildman–Crippen MR) is 82.4 cm³/mol. The van der Waals surface area contributed by atoms with E-state index in [2.05, 4.69) is 24.1 Å². The topological polar surface area (TPSA) is 72.9 Å². The van der Waals surface area contributed by atoms with Crippen LogP contribution in [0, 0.1) is 0 Å². The number of nitrogens with zero attached hydrogens (tertiary/aromatic N) is 2. The molecule has 1 aliphatic rings. The lowest BCUT2D eigenvalue weighted by atomic mass is 10.1. The monoisotopic (exact) mass is 299 g/mol. The zero-order valence-electron chi connectivity index (χ0n) is 13.5. The Morgan fingerprint density at radius 3 is 2.62 bits per heavy atom. The number of hydrogen-bond acceptors (Lipinski definition) is 3. The van der Waals surface area contributed by atoms with Crippen LogP contribution in [-0.2, 0) is 4.79 Å². The van der Waals surface area contributed by atoms with E-state index in [1.807, 2.05) is 6.92 Å². The van der Waals surface area contributed by atoms with Crippen molar-refractivity contribution in [3.05, 3.63) is 0 Å². The minimum atomic E-state index is -0.906. The van der Waals surface area contributed by atoms with Gasteiger partial charge < -0.3 is 20.2 Å². The Labute approximate surface area is 127 Å². The molecular formula is C15H29N3O3. The van der Waals surface area contributed by atoms with Gasteiger partial charge in [0.1, 0.15) is 6.04 Å². The molecule has 1 saturated heterocycles. The smallest absolute Gasteiger partial charge is 0.326 e. The highest BCUT2D eigenvalue weighted by molar-refractivity contribution is 5.83. The summed E-state index contributed by atoms with van der Waals surface area (Å²) in [4.78, 5) is 27.0. The number of urea groups is 1. The Morgan fingerprint density at radius 2 is 2.05 bits per heavy atom. The van der Waals surface area contributed by atoms with Crippen molar-refractivity contribution in [2.75, 3.05) is 26.2 Å². The zero-order chi connectivity index (χ0) is 15.8. The number of carbonyl (C=O) groups is 2. The van der Waals surface area contributed by atoms with Gasteiger partial charge in [0.2, 0.25) is 0 Å². The highest BCUT2D eigenvalue weighted by Crippen LogP contribution is 2.17. The molecule has 122 valence electrons. The first-order valence-electron chi connectivity index (χ1n) is 8.01. The average molecular weight is 299 g/mol. The van der Waals surface area contributed by atoms with Gasteiger partial charge in [-0.3, -0.25) is 0 Å². The molecule has 2 N–H and O–H groups in total. The number of aliphatic carboxylic acids is 1. The minimum Gasteiger partial charge on any atom is -0.480 e. The SMILES string of the molecule is CCN(CC)CCCC(C)NC(=O)N1CCC[C@@H]1C(=O)O. The van der Waals surface area contributed by atoms with Gasteiger partial charge in [-0.05, 0) is 52.2 Å². The second kappa shape index (κ2) is 8.87. The standard InChI is InChI=1S/C15H29N3O3/c1-4-17(5-2)10-6-8-12(3)16-15(21)18-11-7-9-13(18)14(19)20/h12-13H,4-11H2,1-3H3,(H,16,21)(H,19,20)/t12?,13-/m1/s1. The van der Waals surface area contributed by atoms with E-state index in [0.717, 1.165) is 38.9 Å². The molecule has 0 radical (unpaired) electrons. The van der Waals surface area contributed by atoms with E-state index in [0.29, 0.717) is 13.0 Å². The van der Waals surface area contributed by atoms with E-state index in [-0.39, 0.29) is 12.1 Å². The molecule has 0 aromatic carbocycles. The molecule has 0 saturated carbocycles. The Hall–Kier alpha value is -1.30. The number of hydrogen-bond donors (Lipinski definition) is 2. The summed E-state index contributed by atoms with van der Waals surface area (Å²) >= 11 is 0. The summed E-state index contributed by atoms with van der Waals surface area (Å²) < 4.78 is 0. The van der Waals surface area contributed by atoms with Gasteiger partial charge >= 0.3 is 12.0 Å². The Bertz CT molecular complexity index is 345. The first-order valence-corrected chi connectivity index (χ1v) is 8.01. The lowest BCUT2D eigenvalue weighted by molar-refractivity contribution is -0.141. The van der Waals surface area contributed by atoms with Crippen LogP contribution in [0.4, 0.5) is 4.79 Å². The molecule has 1 rings (SSSR count). The summed E-state index contributed by atoms with van der Waals surface area (Å²) in [6, 6.07) is -0.828. The van der Waals surface area contributed by atoms with E-state index in [9.17, 15) is 9.59 Å². The van der Waals surface area contributed by atoms with Crippen LogP contribution in [0.5, 0.6) is 0 Å². The third-order valence-electron chi connectivity index (χ3n) is 4.17. The molecule has 0 bridgehead atoms. The van der Waals surface area contributed by atoms with Gasteiger partial charge in [-0.2, -0.15) is 0 Å². The number of likely N-dealkylation sites (tertiary alicyclic amines) is 1. The van der Waals surface area contributed by atoms with Gasteiger partial charge in [-0.25, -0.2) is 9.59 Å². The Kier molecular flexibility index (Phi) is 7.50. The van der Waals surface area contributed by atoms with Crippen LogP contribution < -0.4 is 5.32 Å². The Morgan fingerprint density at radius 1 is 1.38 bits per heavy atom. The van der Waals surface area contributed by atoms with Gasteiger partial charge in [0, 0.05) is 12.6 Å². The normalized spacial score (nSPS) is 19.8. The summed E-state index contributed by atoms with van der Waals surface area (Å²) in [6.07, 6.45) is 3.26. The van der Waals surface area contributed by atoms with Crippen LogP contribution in [0.15, 0.2) is 0 Å². The maximum Gasteiger partial charge on any atom is 0.326 e. The van der Waals surface area contributed by atoms with Crippen LogP contribution in [0.1, 0.15) is 46.5 Å². The van der Waals surface area contributed by atoms with Crippen molar-refractivity contribution in [3.8, 4) is 0 Å². The summed E-state index contributed by atoms with van der Waals surface area (Å²) in [7, 11) is 0. The first-order chi connectivity index (χ1) is 9.99. The number of amides is 2. The van der Waals surface area contributed by atoms with Gasteiger partial charge in [0.15, 0.2) is 0 Å². The van der Waals surface area contributed by atoms with Crippen molar-refractivity contribution < 1.29 is 14.7 Å². The number of carbonyl (C=O) groups excluding carboxylic acids is 1. The molecule has 1 aliphatic heterocycles. The summed E-state index contributed by atoms with van der Waals surface area (Å²) in [5, 5.41) is 12.0. The second-order valence-electron chi connectivity index (χ2n) is 5.71. The summed E-state index contributed by atoms with van der Waals surface area (Å²) in [6.45, 7) is 9.94. The van der Waals surface area contributed by atoms with Gasteiger partial charge in [-0.1, -0.05) is 13.8 Å². The van der Waals surface area contributed by atoms with E-state index < -0.39 is 12.0 Å². The largest absolute Gasteiger partial charge is 0.480 e. The highest BCUT2D eigenvalue weighted by Gasteiger charge is 2.34. The van der Waals surface area contributed by atoms with Crippen molar-refractivity contribution in [1.82, 2.24) is 15.1 Å². The molecule has 1 unspecified atom stereocenters. The Balaban J connectivity index is 2.32. The van der Waals surface area contributed by atoms with Crippen LogP contribution in [0.2, 0.25) is 0 Å². The van der Waals surface area contributed by atoms with E-state index in [1.165, 1.54) is 4.90 Å². The van der Waals surface area contributed by atoms with Crippen molar-refractivity contribution >= 4 is 12.0 Å². The van der Waals surface area contributed by atoms with Crippen LogP contribution in [-0.4, -0.2) is 65.2 Å². The lowest BCUT2D eigenvalue weighted by Crippen LogP contribution is -2.48. The van der Waals surface area contributed by atoms with Crippen LogP contribution in [0.3, 0.4) is 0 Å². The van der Waals surface area contributed by atoms with Gasteiger partial charge in [0.05, 0.1) is 0 Å². The van der Waals surface area contributed by atoms with Crippen molar-refractivity contribution in [2.24, 2.45) is 0 Å². The van der Waals surface area contributed by atoms with E-state index >= 15 is 0 Å². The lowest BCUT2D eigenvalue weighted by Gasteiger charge is -2.25. The van der Waals surface area contributed by atoms with Crippen LogP contribution in [0.25, 0.3) is 0 Å². The third-order valence-corrected chi connectivity index (χ3v) is 4.17. The fourth-order valence-corrected chi connectivity index (χ4v) is 2.79. The third kappa shape index (κ3) is 5.53. The highest BCUT2D eigenvalue weighted by atomic mass is 16.4. The minimum absolute atomic E-state index is 0.0723. The zero-order valence-corrected chi connectivity index (χ0v) is 13.5. The molecule has 0 spiro atoms. The number of rotatable bonds is 8. The van der Waals surface area contributed by atoms with E-state index in [1.54, 1.807) is 0 Å². The number of carboxylic acids is 1. The average Bonchev–Trinajstić information content (AvgIpc) is 2.93. The van der Waals surface area contributed by atoms with Gasteiger partial charge in [0.25, 0.3) is 0 Å². The molecular weight excluding hydrogens is 270 g/mol. The van der Waals surface area contributed by atoms with Crippen molar-refractivity contribution in [3.63, 3.8) is 0 Å². The van der Waals surface area contributed by atoms with Gasteiger partial charge in [-0.15, -0.1) is 0 Å². The quantitative estimate of drug-likeness (QED) is 0.716. The molecule has 0 aromatic rings. The molecule has 2 atom stereocenters. The number of carboxylic acid groups (broad SMARTS) is 1. The van der Waals surface area contributed by atoms with Crippen molar-refractivity contribution in [2.45, 2.75) is 58.5 Å². The predicted octanol–water partition coefficient (Wildman–Crippen LogP) is 1.76. The molecule has 0 aromatic heterocycles. The summed E-state index contributed by atoms with van der Waals surface area (Å²) in [5.41, 5.74) is 0. The maximum absolute atomic E-state index is 12.1. The van der Waals surface area contributed by atoms with E-state index in [4.69, 9.17) is 5.11 Å². The second-order valence-corrected chi connectivity index (χ2v) is 5.71. The fourth-order valence-electron chi connectivity index (χ4n) is 2.79. The molecule has 6 nitrogen and oxygen atoms in total. The molecule has 21 heavy (non-hydrogen) atoms. The maximum atomic E-state index is 12.1. The number of nitrogens with one attached hydrogen (secondary N) is 1. The molecule has 6 heteroatoms.